The maximum absolute atomic E-state index is 13.5. The first-order valence-corrected chi connectivity index (χ1v) is 12.0. The van der Waals surface area contributed by atoms with Gasteiger partial charge < -0.3 is 14.3 Å². The Bertz CT molecular complexity index is 1320. The predicted molar refractivity (Wildman–Crippen MR) is 123 cm³/mol. The van der Waals surface area contributed by atoms with Gasteiger partial charge in [-0.05, 0) is 49.6 Å². The molecule has 0 radical (unpaired) electrons. The molecule has 33 heavy (non-hydrogen) atoms. The molecule has 3 atom stereocenters. The molecule has 2 aromatic carbocycles. The Kier molecular flexibility index (Phi) is 7.32. The zero-order valence-electron chi connectivity index (χ0n) is 18.8. The number of benzene rings is 2. The zero-order valence-corrected chi connectivity index (χ0v) is 20.4. The number of aliphatic hydroxyl groups is 1. The number of aryl methyl sites for hydroxylation is 1. The number of hydrogen-bond acceptors (Lipinski definition) is 7. The number of sulfonamides is 1. The minimum absolute atomic E-state index is 0.0772. The smallest absolute Gasteiger partial charge is 0.434 e. The summed E-state index contributed by atoms with van der Waals surface area (Å²) in [5.41, 5.74) is 3.02. The standard InChI is InChI=1S/C22H26ClN3O6S/c1-11-7-6-8-15(12(11)2)13(3)19(21-24-25-22(28)32-21)26-33(29,30)17-10-9-16(23)18(14(4)27)20(17)31-5/h6-10,13-14,19,26-27H,1-5H3,(H,25,28)/t13-,14?,19+/m1/s1. The topological polar surface area (TPSA) is 135 Å². The molecule has 1 aromatic heterocycles. The van der Waals surface area contributed by atoms with Crippen molar-refractivity contribution in [3.63, 3.8) is 0 Å². The Labute approximate surface area is 196 Å². The molecule has 0 saturated carbocycles. The highest BCUT2D eigenvalue weighted by molar-refractivity contribution is 7.89. The summed E-state index contributed by atoms with van der Waals surface area (Å²) in [5.74, 6) is -1.45. The summed E-state index contributed by atoms with van der Waals surface area (Å²) < 4.78 is 40.1. The van der Waals surface area contributed by atoms with Gasteiger partial charge in [0.05, 0.1) is 18.2 Å². The largest absolute Gasteiger partial charge is 0.495 e. The number of nitrogens with one attached hydrogen (secondary N) is 2. The molecule has 1 heterocycles. The number of aromatic amines is 1. The molecule has 0 bridgehead atoms. The number of aliphatic hydroxyl groups excluding tert-OH is 1. The average molecular weight is 496 g/mol. The van der Waals surface area contributed by atoms with E-state index in [2.05, 4.69) is 14.9 Å². The number of rotatable bonds is 8. The van der Waals surface area contributed by atoms with Crippen LogP contribution in [0, 0.1) is 13.8 Å². The Morgan fingerprint density at radius 1 is 1.21 bits per heavy atom. The van der Waals surface area contributed by atoms with E-state index in [1.54, 1.807) is 0 Å². The molecule has 0 spiro atoms. The zero-order chi connectivity index (χ0) is 24.5. The molecule has 0 aliphatic heterocycles. The van der Waals surface area contributed by atoms with Gasteiger partial charge in [0.1, 0.15) is 16.7 Å². The maximum Gasteiger partial charge on any atom is 0.434 e. The molecule has 3 aromatic rings. The average Bonchev–Trinajstić information content (AvgIpc) is 3.18. The highest BCUT2D eigenvalue weighted by Crippen LogP contribution is 2.39. The van der Waals surface area contributed by atoms with E-state index in [9.17, 15) is 18.3 Å². The van der Waals surface area contributed by atoms with Crippen molar-refractivity contribution in [3.05, 3.63) is 74.0 Å². The van der Waals surface area contributed by atoms with Crippen LogP contribution in [-0.4, -0.2) is 30.8 Å². The van der Waals surface area contributed by atoms with Crippen molar-refractivity contribution in [1.82, 2.24) is 14.9 Å². The summed E-state index contributed by atoms with van der Waals surface area (Å²) in [6.07, 6.45) is -1.07. The second-order valence-electron chi connectivity index (χ2n) is 7.80. The highest BCUT2D eigenvalue weighted by atomic mass is 35.5. The predicted octanol–water partition coefficient (Wildman–Crippen LogP) is 3.52. The molecule has 0 aliphatic rings. The van der Waals surface area contributed by atoms with Gasteiger partial charge >= 0.3 is 5.76 Å². The van der Waals surface area contributed by atoms with Gasteiger partial charge in [-0.1, -0.05) is 36.7 Å². The summed E-state index contributed by atoms with van der Waals surface area (Å²) in [6.45, 7) is 7.15. The first-order valence-electron chi connectivity index (χ1n) is 10.2. The fourth-order valence-corrected chi connectivity index (χ4v) is 5.54. The Balaban J connectivity index is 2.13. The summed E-state index contributed by atoms with van der Waals surface area (Å²) in [7, 11) is -2.96. The minimum Gasteiger partial charge on any atom is -0.495 e. The van der Waals surface area contributed by atoms with Gasteiger partial charge in [-0.2, -0.15) is 4.72 Å². The summed E-state index contributed by atoms with van der Waals surface area (Å²) in [5, 5.41) is 16.3. The van der Waals surface area contributed by atoms with Crippen molar-refractivity contribution in [2.24, 2.45) is 0 Å². The molecule has 0 amide bonds. The van der Waals surface area contributed by atoms with Gasteiger partial charge in [-0.3, -0.25) is 0 Å². The van der Waals surface area contributed by atoms with E-state index in [-0.39, 0.29) is 27.1 Å². The first kappa shape index (κ1) is 25.0. The molecule has 11 heteroatoms. The monoisotopic (exact) mass is 495 g/mol. The number of nitrogens with zero attached hydrogens (tertiary/aromatic N) is 1. The van der Waals surface area contributed by atoms with Crippen LogP contribution in [-0.2, 0) is 10.0 Å². The van der Waals surface area contributed by atoms with E-state index in [0.717, 1.165) is 16.7 Å². The molecule has 3 rings (SSSR count). The molecular formula is C22H26ClN3O6S. The van der Waals surface area contributed by atoms with Crippen LogP contribution in [0.5, 0.6) is 5.75 Å². The third-order valence-electron chi connectivity index (χ3n) is 5.66. The lowest BCUT2D eigenvalue weighted by Gasteiger charge is -2.25. The normalized spacial score (nSPS) is 14.6. The van der Waals surface area contributed by atoms with Crippen LogP contribution in [0.15, 0.2) is 44.4 Å². The van der Waals surface area contributed by atoms with Crippen LogP contribution >= 0.6 is 11.6 Å². The molecular weight excluding hydrogens is 470 g/mol. The quantitative estimate of drug-likeness (QED) is 0.435. The van der Waals surface area contributed by atoms with Gasteiger partial charge in [0, 0.05) is 11.5 Å². The van der Waals surface area contributed by atoms with E-state index in [0.29, 0.717) is 0 Å². The highest BCUT2D eigenvalue weighted by Gasteiger charge is 2.34. The number of ether oxygens (including phenoxy) is 1. The Morgan fingerprint density at radius 2 is 1.91 bits per heavy atom. The second kappa shape index (κ2) is 9.68. The van der Waals surface area contributed by atoms with E-state index >= 15 is 0 Å². The van der Waals surface area contributed by atoms with Crippen molar-refractivity contribution >= 4 is 21.6 Å². The molecule has 178 valence electrons. The molecule has 0 fully saturated rings. The van der Waals surface area contributed by atoms with Crippen LogP contribution < -0.4 is 15.2 Å². The van der Waals surface area contributed by atoms with Crippen molar-refractivity contribution in [1.29, 1.82) is 0 Å². The number of hydrogen-bond donors (Lipinski definition) is 3. The van der Waals surface area contributed by atoms with E-state index in [1.807, 2.05) is 39.0 Å². The van der Waals surface area contributed by atoms with Crippen molar-refractivity contribution in [2.75, 3.05) is 7.11 Å². The van der Waals surface area contributed by atoms with Gasteiger partial charge in [-0.25, -0.2) is 18.3 Å². The fourth-order valence-electron chi connectivity index (χ4n) is 3.78. The van der Waals surface area contributed by atoms with Crippen molar-refractivity contribution in [3.8, 4) is 5.75 Å². The van der Waals surface area contributed by atoms with Crippen LogP contribution in [0.3, 0.4) is 0 Å². The minimum atomic E-state index is -4.25. The number of H-pyrrole nitrogens is 1. The lowest BCUT2D eigenvalue weighted by atomic mass is 9.88. The lowest BCUT2D eigenvalue weighted by molar-refractivity contribution is 0.193. The third kappa shape index (κ3) is 4.98. The van der Waals surface area contributed by atoms with E-state index in [1.165, 1.54) is 26.2 Å². The lowest BCUT2D eigenvalue weighted by Crippen LogP contribution is -2.33. The van der Waals surface area contributed by atoms with Crippen LogP contribution in [0.25, 0.3) is 0 Å². The Hall–Kier alpha value is -2.66. The van der Waals surface area contributed by atoms with Gasteiger partial charge in [-0.15, -0.1) is 5.10 Å². The Morgan fingerprint density at radius 3 is 2.48 bits per heavy atom. The van der Waals surface area contributed by atoms with Crippen molar-refractivity contribution < 1.29 is 22.7 Å². The number of halogens is 1. The molecule has 1 unspecified atom stereocenters. The first-order chi connectivity index (χ1) is 15.5. The summed E-state index contributed by atoms with van der Waals surface area (Å²) in [6, 6.07) is 7.35. The fraction of sp³-hybridized carbons (Fsp3) is 0.364. The third-order valence-corrected chi connectivity index (χ3v) is 7.45. The summed E-state index contributed by atoms with van der Waals surface area (Å²) in [4.78, 5) is 11.4. The summed E-state index contributed by atoms with van der Waals surface area (Å²) >= 11 is 6.17. The van der Waals surface area contributed by atoms with E-state index in [4.69, 9.17) is 20.8 Å². The van der Waals surface area contributed by atoms with Crippen LogP contribution in [0.2, 0.25) is 5.02 Å². The van der Waals surface area contributed by atoms with Gasteiger partial charge in [0.25, 0.3) is 0 Å². The maximum atomic E-state index is 13.5. The molecule has 0 saturated heterocycles. The number of aromatic nitrogens is 2. The van der Waals surface area contributed by atoms with Gasteiger partial charge in [0.15, 0.2) is 0 Å². The second-order valence-corrected chi connectivity index (χ2v) is 9.89. The SMILES string of the molecule is COc1c(S(=O)(=O)N[C@H](c2n[nH]c(=O)o2)[C@H](C)c2cccc(C)c2C)ccc(Cl)c1C(C)O. The molecule has 9 nitrogen and oxygen atoms in total. The van der Waals surface area contributed by atoms with Crippen LogP contribution in [0.4, 0.5) is 0 Å². The van der Waals surface area contributed by atoms with Crippen molar-refractivity contribution in [2.45, 2.75) is 50.7 Å². The molecule has 0 aliphatic carbocycles. The van der Waals surface area contributed by atoms with Gasteiger partial charge in [0.2, 0.25) is 15.9 Å². The number of methoxy groups -OCH3 is 1. The van der Waals surface area contributed by atoms with Crippen LogP contribution in [0.1, 0.15) is 60.1 Å². The van der Waals surface area contributed by atoms with E-state index < -0.39 is 33.8 Å². The molecule has 3 N–H and O–H groups in total.